The topological polar surface area (TPSA) is 77.2 Å². The van der Waals surface area contributed by atoms with Gasteiger partial charge in [-0.1, -0.05) is 0 Å². The summed E-state index contributed by atoms with van der Waals surface area (Å²) in [5.74, 6) is -0.766. The quantitative estimate of drug-likeness (QED) is 0.896. The Balaban J connectivity index is 2.19. The second-order valence-corrected chi connectivity index (χ2v) is 4.78. The van der Waals surface area contributed by atoms with Crippen LogP contribution >= 0.6 is 0 Å². The van der Waals surface area contributed by atoms with E-state index >= 15 is 0 Å². The van der Waals surface area contributed by atoms with Gasteiger partial charge in [-0.25, -0.2) is 0 Å². The minimum Gasteiger partial charge on any atom is -0.481 e. The lowest BCUT2D eigenvalue weighted by Gasteiger charge is -2.37. The van der Waals surface area contributed by atoms with Gasteiger partial charge >= 0.3 is 5.97 Å². The van der Waals surface area contributed by atoms with Crippen LogP contribution in [0.1, 0.15) is 37.7 Å². The van der Waals surface area contributed by atoms with Gasteiger partial charge in [0.1, 0.15) is 6.07 Å². The maximum absolute atomic E-state index is 10.7. The van der Waals surface area contributed by atoms with Crippen LogP contribution in [0.4, 0.5) is 5.69 Å². The Labute approximate surface area is 112 Å². The number of carbonyl (C=O) groups is 1. The zero-order valence-corrected chi connectivity index (χ0v) is 10.7. The predicted molar refractivity (Wildman–Crippen MR) is 70.8 cm³/mol. The minimum absolute atomic E-state index is 0.170. The molecular weight excluding hydrogens is 242 g/mol. The summed E-state index contributed by atoms with van der Waals surface area (Å²) in [5, 5.41) is 18.0. The molecule has 100 valence electrons. The molecule has 1 aliphatic heterocycles. The van der Waals surface area contributed by atoms with Crippen molar-refractivity contribution in [2.45, 2.75) is 38.1 Å². The highest BCUT2D eigenvalue weighted by molar-refractivity contribution is 5.67. The predicted octanol–water partition coefficient (Wildman–Crippen LogP) is 2.18. The number of hydrogen-bond donors (Lipinski definition) is 1. The molecule has 1 N–H and O–H groups in total. The molecule has 0 amide bonds. The fraction of sp³-hybridized carbons (Fsp3) is 0.500. The van der Waals surface area contributed by atoms with E-state index in [4.69, 9.17) is 10.4 Å². The molecule has 1 saturated heterocycles. The third-order valence-electron chi connectivity index (χ3n) is 3.55. The van der Waals surface area contributed by atoms with E-state index in [-0.39, 0.29) is 12.5 Å². The van der Waals surface area contributed by atoms with Crippen molar-refractivity contribution < 1.29 is 9.90 Å². The molecule has 0 aliphatic carbocycles. The Kier molecular flexibility index (Phi) is 4.35. The number of anilines is 1. The monoisotopic (exact) mass is 259 g/mol. The van der Waals surface area contributed by atoms with Crippen LogP contribution in [0.2, 0.25) is 0 Å². The summed E-state index contributed by atoms with van der Waals surface area (Å²) in [5.41, 5.74) is 1.44. The zero-order valence-electron chi connectivity index (χ0n) is 10.7. The van der Waals surface area contributed by atoms with Gasteiger partial charge in [0.25, 0.3) is 0 Å². The molecule has 5 nitrogen and oxygen atoms in total. The van der Waals surface area contributed by atoms with Crippen LogP contribution in [-0.2, 0) is 4.79 Å². The van der Waals surface area contributed by atoms with Crippen LogP contribution in [0, 0.1) is 11.3 Å². The number of aromatic nitrogens is 1. The van der Waals surface area contributed by atoms with Gasteiger partial charge in [0.2, 0.25) is 0 Å². The molecule has 1 fully saturated rings. The van der Waals surface area contributed by atoms with Gasteiger partial charge in [-0.2, -0.15) is 5.26 Å². The van der Waals surface area contributed by atoms with Crippen LogP contribution in [0.15, 0.2) is 18.5 Å². The Bertz CT molecular complexity index is 496. The maximum atomic E-state index is 10.7. The maximum Gasteiger partial charge on any atom is 0.303 e. The van der Waals surface area contributed by atoms with E-state index in [9.17, 15) is 4.79 Å². The number of pyridine rings is 1. The van der Waals surface area contributed by atoms with Crippen molar-refractivity contribution in [3.05, 3.63) is 24.0 Å². The molecule has 2 rings (SSSR count). The molecule has 0 spiro atoms. The third kappa shape index (κ3) is 3.22. The number of carboxylic acids is 1. The van der Waals surface area contributed by atoms with Gasteiger partial charge in [0, 0.05) is 25.2 Å². The van der Waals surface area contributed by atoms with Gasteiger partial charge in [0.15, 0.2) is 0 Å². The van der Waals surface area contributed by atoms with Crippen molar-refractivity contribution in [3.8, 4) is 6.07 Å². The first kappa shape index (κ1) is 13.3. The lowest BCUT2D eigenvalue weighted by Crippen LogP contribution is -2.40. The molecule has 19 heavy (non-hydrogen) atoms. The number of nitriles is 1. The minimum atomic E-state index is -0.766. The molecule has 1 aliphatic rings. The Hall–Kier alpha value is -2.09. The molecule has 1 atom stereocenters. The van der Waals surface area contributed by atoms with Gasteiger partial charge in [-0.3, -0.25) is 9.78 Å². The van der Waals surface area contributed by atoms with E-state index < -0.39 is 5.97 Å². The molecule has 1 aromatic heterocycles. The molecule has 0 saturated carbocycles. The van der Waals surface area contributed by atoms with E-state index in [0.29, 0.717) is 12.0 Å². The number of piperidine rings is 1. The second kappa shape index (κ2) is 6.19. The molecule has 0 aromatic carbocycles. The smallest absolute Gasteiger partial charge is 0.303 e. The highest BCUT2D eigenvalue weighted by Crippen LogP contribution is 2.29. The van der Waals surface area contributed by atoms with Crippen molar-refractivity contribution >= 4 is 11.7 Å². The molecule has 0 radical (unpaired) electrons. The number of rotatable bonds is 4. The van der Waals surface area contributed by atoms with Crippen LogP contribution in [0.3, 0.4) is 0 Å². The van der Waals surface area contributed by atoms with E-state index in [1.807, 2.05) is 0 Å². The van der Waals surface area contributed by atoms with E-state index in [0.717, 1.165) is 31.5 Å². The van der Waals surface area contributed by atoms with Crippen LogP contribution in [0.5, 0.6) is 0 Å². The summed E-state index contributed by atoms with van der Waals surface area (Å²) in [6, 6.07) is 4.08. The van der Waals surface area contributed by atoms with Gasteiger partial charge in [-0.05, 0) is 31.7 Å². The first-order chi connectivity index (χ1) is 9.22. The molecule has 5 heteroatoms. The van der Waals surface area contributed by atoms with Crippen LogP contribution < -0.4 is 4.90 Å². The lowest BCUT2D eigenvalue weighted by molar-refractivity contribution is -0.137. The summed E-state index contributed by atoms with van der Waals surface area (Å²) < 4.78 is 0. The summed E-state index contributed by atoms with van der Waals surface area (Å²) in [6.45, 7) is 0.866. The number of carboxylic acid groups (broad SMARTS) is 1. The zero-order chi connectivity index (χ0) is 13.7. The summed E-state index contributed by atoms with van der Waals surface area (Å²) in [6.07, 6.45) is 7.27. The Morgan fingerprint density at radius 1 is 1.58 bits per heavy atom. The molecule has 1 aromatic rings. The van der Waals surface area contributed by atoms with Crippen LogP contribution in [0.25, 0.3) is 0 Å². The van der Waals surface area contributed by atoms with Crippen molar-refractivity contribution in [1.82, 2.24) is 4.98 Å². The van der Waals surface area contributed by atoms with Gasteiger partial charge in [-0.15, -0.1) is 0 Å². The van der Waals surface area contributed by atoms with Crippen LogP contribution in [-0.4, -0.2) is 28.6 Å². The highest BCUT2D eigenvalue weighted by atomic mass is 16.4. The molecule has 0 bridgehead atoms. The van der Waals surface area contributed by atoms with E-state index in [1.54, 1.807) is 18.5 Å². The first-order valence-corrected chi connectivity index (χ1v) is 6.55. The van der Waals surface area contributed by atoms with Crippen molar-refractivity contribution in [1.29, 1.82) is 5.26 Å². The van der Waals surface area contributed by atoms with E-state index in [2.05, 4.69) is 16.0 Å². The average molecular weight is 259 g/mol. The summed E-state index contributed by atoms with van der Waals surface area (Å²) in [4.78, 5) is 17.0. The van der Waals surface area contributed by atoms with Gasteiger partial charge < -0.3 is 10.0 Å². The number of hydrogen-bond acceptors (Lipinski definition) is 4. The SMILES string of the molecule is N#Cc1ccncc1N1CCCCC1CCC(=O)O. The largest absolute Gasteiger partial charge is 0.481 e. The lowest BCUT2D eigenvalue weighted by atomic mass is 9.96. The summed E-state index contributed by atoms with van der Waals surface area (Å²) in [7, 11) is 0. The first-order valence-electron chi connectivity index (χ1n) is 6.55. The second-order valence-electron chi connectivity index (χ2n) is 4.78. The van der Waals surface area contributed by atoms with Gasteiger partial charge in [0.05, 0.1) is 17.4 Å². The van der Waals surface area contributed by atoms with Crippen molar-refractivity contribution in [3.63, 3.8) is 0 Å². The standard InChI is InChI=1S/C14H17N3O2/c15-9-11-6-7-16-10-13(11)17-8-2-1-3-12(17)4-5-14(18)19/h6-7,10,12H,1-5,8H2,(H,18,19). The normalized spacial score (nSPS) is 18.9. The number of aliphatic carboxylic acids is 1. The summed E-state index contributed by atoms with van der Waals surface area (Å²) >= 11 is 0. The fourth-order valence-corrected chi connectivity index (χ4v) is 2.62. The van der Waals surface area contributed by atoms with Crippen molar-refractivity contribution in [2.75, 3.05) is 11.4 Å². The van der Waals surface area contributed by atoms with E-state index in [1.165, 1.54) is 0 Å². The number of nitrogens with zero attached hydrogens (tertiary/aromatic N) is 3. The Morgan fingerprint density at radius 2 is 2.42 bits per heavy atom. The fourth-order valence-electron chi connectivity index (χ4n) is 2.62. The average Bonchev–Trinajstić information content (AvgIpc) is 2.45. The third-order valence-corrected chi connectivity index (χ3v) is 3.55. The molecule has 2 heterocycles. The highest BCUT2D eigenvalue weighted by Gasteiger charge is 2.25. The van der Waals surface area contributed by atoms with Crippen molar-refractivity contribution in [2.24, 2.45) is 0 Å². The molecule has 1 unspecified atom stereocenters. The molecular formula is C14H17N3O2. The Morgan fingerprint density at radius 3 is 3.16 bits per heavy atom.